The second kappa shape index (κ2) is 7.62. The summed E-state index contributed by atoms with van der Waals surface area (Å²) in [5.41, 5.74) is 1.94. The van der Waals surface area contributed by atoms with Gasteiger partial charge in [0.15, 0.2) is 0 Å². The van der Waals surface area contributed by atoms with Gasteiger partial charge in [0.2, 0.25) is 0 Å². The molecule has 3 nitrogen and oxygen atoms in total. The quantitative estimate of drug-likeness (QED) is 0.801. The van der Waals surface area contributed by atoms with Crippen molar-refractivity contribution in [3.63, 3.8) is 0 Å². The van der Waals surface area contributed by atoms with Gasteiger partial charge in [-0.25, -0.2) is 0 Å². The minimum atomic E-state index is -0.512. The molecule has 102 valence electrons. The topological polar surface area (TPSA) is 41.5 Å². The van der Waals surface area contributed by atoms with E-state index in [0.29, 0.717) is 25.7 Å². The van der Waals surface area contributed by atoms with Crippen LogP contribution in [0.15, 0.2) is 18.2 Å². The molecule has 1 aromatic carbocycles. The van der Waals surface area contributed by atoms with Crippen LogP contribution in [0.4, 0.5) is 5.69 Å². The molecule has 0 radical (unpaired) electrons. The Balaban J connectivity index is 2.33. The fraction of sp³-hybridized carbons (Fsp3) is 0.571. The van der Waals surface area contributed by atoms with Gasteiger partial charge in [0.05, 0.1) is 12.7 Å². The Bertz CT molecular complexity index is 369. The summed E-state index contributed by atoms with van der Waals surface area (Å²) >= 11 is 6.02. The summed E-state index contributed by atoms with van der Waals surface area (Å²) in [6.07, 6.45) is -0.512. The van der Waals surface area contributed by atoms with Crippen LogP contribution in [0.5, 0.6) is 0 Å². The molecule has 0 spiro atoms. The van der Waals surface area contributed by atoms with Gasteiger partial charge in [-0.15, -0.1) is 0 Å². The molecule has 1 atom stereocenters. The average molecular weight is 272 g/mol. The van der Waals surface area contributed by atoms with Gasteiger partial charge in [0, 0.05) is 23.9 Å². The Morgan fingerprint density at radius 3 is 2.72 bits per heavy atom. The van der Waals surface area contributed by atoms with Crippen molar-refractivity contribution in [1.82, 2.24) is 0 Å². The predicted octanol–water partition coefficient (Wildman–Crippen LogP) is 3.09. The van der Waals surface area contributed by atoms with Crippen LogP contribution in [0.25, 0.3) is 0 Å². The summed E-state index contributed by atoms with van der Waals surface area (Å²) in [5.74, 6) is 0.486. The third-order valence-corrected chi connectivity index (χ3v) is 2.97. The van der Waals surface area contributed by atoms with E-state index in [4.69, 9.17) is 16.3 Å². The van der Waals surface area contributed by atoms with Gasteiger partial charge in [-0.1, -0.05) is 31.5 Å². The molecule has 2 N–H and O–H groups in total. The number of anilines is 1. The zero-order valence-electron chi connectivity index (χ0n) is 11.2. The molecule has 18 heavy (non-hydrogen) atoms. The molecule has 0 aliphatic rings. The van der Waals surface area contributed by atoms with Gasteiger partial charge >= 0.3 is 0 Å². The van der Waals surface area contributed by atoms with Gasteiger partial charge in [-0.2, -0.15) is 0 Å². The largest absolute Gasteiger partial charge is 0.389 e. The number of hydrogen-bond donors (Lipinski definition) is 2. The minimum absolute atomic E-state index is 0.352. The molecule has 1 rings (SSSR count). The third-order valence-electron chi connectivity index (χ3n) is 2.56. The lowest BCUT2D eigenvalue weighted by molar-refractivity contribution is 0.0318. The molecule has 0 bridgehead atoms. The van der Waals surface area contributed by atoms with E-state index in [9.17, 15) is 5.11 Å². The molecule has 0 saturated heterocycles. The van der Waals surface area contributed by atoms with Crippen LogP contribution < -0.4 is 5.32 Å². The highest BCUT2D eigenvalue weighted by molar-refractivity contribution is 6.31. The number of nitrogens with one attached hydrogen (secondary N) is 1. The summed E-state index contributed by atoms with van der Waals surface area (Å²) in [6.45, 7) is 7.60. The number of aliphatic hydroxyl groups excluding tert-OH is 1. The summed E-state index contributed by atoms with van der Waals surface area (Å²) in [7, 11) is 0. The number of rotatable bonds is 7. The molecule has 4 heteroatoms. The number of halogens is 1. The van der Waals surface area contributed by atoms with E-state index in [2.05, 4.69) is 19.2 Å². The highest BCUT2D eigenvalue weighted by Crippen LogP contribution is 2.22. The highest BCUT2D eigenvalue weighted by Gasteiger charge is 2.07. The molecule has 1 unspecified atom stereocenters. The monoisotopic (exact) mass is 271 g/mol. The first-order valence-electron chi connectivity index (χ1n) is 6.25. The zero-order valence-corrected chi connectivity index (χ0v) is 12.0. The van der Waals surface area contributed by atoms with Gasteiger partial charge in [0.1, 0.15) is 0 Å². The van der Waals surface area contributed by atoms with Crippen molar-refractivity contribution in [2.24, 2.45) is 5.92 Å². The Labute approximate surface area is 114 Å². The van der Waals surface area contributed by atoms with Gasteiger partial charge in [-0.05, 0) is 30.5 Å². The Morgan fingerprint density at radius 1 is 1.33 bits per heavy atom. The fourth-order valence-corrected chi connectivity index (χ4v) is 1.70. The molecule has 0 aliphatic heterocycles. The Hall–Kier alpha value is -0.770. The summed E-state index contributed by atoms with van der Waals surface area (Å²) in [6, 6.07) is 5.69. The van der Waals surface area contributed by atoms with Crippen molar-refractivity contribution in [2.75, 3.05) is 25.1 Å². The van der Waals surface area contributed by atoms with E-state index in [0.717, 1.165) is 16.3 Å². The maximum Gasteiger partial charge on any atom is 0.0945 e. The van der Waals surface area contributed by atoms with Crippen LogP contribution >= 0.6 is 11.6 Å². The molecule has 0 saturated carbocycles. The van der Waals surface area contributed by atoms with Gasteiger partial charge in [-0.3, -0.25) is 0 Å². The number of hydrogen-bond acceptors (Lipinski definition) is 3. The normalized spacial score (nSPS) is 12.8. The molecular weight excluding hydrogens is 250 g/mol. The van der Waals surface area contributed by atoms with Crippen LogP contribution in [-0.2, 0) is 4.74 Å². The van der Waals surface area contributed by atoms with E-state index in [1.165, 1.54) is 0 Å². The van der Waals surface area contributed by atoms with Crippen LogP contribution in [0, 0.1) is 12.8 Å². The SMILES string of the molecule is Cc1c(Cl)cccc1NCC(O)COCC(C)C. The number of benzene rings is 1. The van der Waals surface area contributed by atoms with E-state index in [-0.39, 0.29) is 0 Å². The van der Waals surface area contributed by atoms with Crippen molar-refractivity contribution >= 4 is 17.3 Å². The van der Waals surface area contributed by atoms with Gasteiger partial charge in [0.25, 0.3) is 0 Å². The molecule has 0 amide bonds. The number of aliphatic hydroxyl groups is 1. The summed E-state index contributed by atoms with van der Waals surface area (Å²) < 4.78 is 5.38. The van der Waals surface area contributed by atoms with Gasteiger partial charge < -0.3 is 15.2 Å². The fourth-order valence-electron chi connectivity index (χ4n) is 1.53. The highest BCUT2D eigenvalue weighted by atomic mass is 35.5. The van der Waals surface area contributed by atoms with Crippen molar-refractivity contribution < 1.29 is 9.84 Å². The first-order valence-corrected chi connectivity index (χ1v) is 6.63. The maximum absolute atomic E-state index is 9.76. The van der Waals surface area contributed by atoms with Crippen LogP contribution in [-0.4, -0.2) is 31.0 Å². The first kappa shape index (κ1) is 15.3. The molecule has 0 aromatic heterocycles. The lowest BCUT2D eigenvalue weighted by atomic mass is 10.2. The summed E-state index contributed by atoms with van der Waals surface area (Å²) in [4.78, 5) is 0. The van der Waals surface area contributed by atoms with Crippen LogP contribution in [0.2, 0.25) is 5.02 Å². The predicted molar refractivity (Wildman–Crippen MR) is 76.3 cm³/mol. The standard InChI is InChI=1S/C14H22ClNO2/c1-10(2)8-18-9-12(17)7-16-14-6-4-5-13(15)11(14)3/h4-6,10,12,16-17H,7-9H2,1-3H3. The van der Waals surface area contributed by atoms with Crippen LogP contribution in [0.3, 0.4) is 0 Å². The smallest absolute Gasteiger partial charge is 0.0945 e. The molecule has 1 aromatic rings. The van der Waals surface area contributed by atoms with Crippen molar-refractivity contribution in [1.29, 1.82) is 0 Å². The van der Waals surface area contributed by atoms with E-state index >= 15 is 0 Å². The Morgan fingerprint density at radius 2 is 2.06 bits per heavy atom. The van der Waals surface area contributed by atoms with Crippen LogP contribution in [0.1, 0.15) is 19.4 Å². The maximum atomic E-state index is 9.76. The van der Waals surface area contributed by atoms with E-state index in [1.54, 1.807) is 0 Å². The third kappa shape index (κ3) is 5.25. The van der Waals surface area contributed by atoms with E-state index in [1.807, 2.05) is 25.1 Å². The zero-order chi connectivity index (χ0) is 13.5. The van der Waals surface area contributed by atoms with Crippen molar-refractivity contribution in [2.45, 2.75) is 26.9 Å². The average Bonchev–Trinajstić information content (AvgIpc) is 2.30. The molecule has 0 aliphatic carbocycles. The van der Waals surface area contributed by atoms with Crippen molar-refractivity contribution in [3.05, 3.63) is 28.8 Å². The lowest BCUT2D eigenvalue weighted by Crippen LogP contribution is -2.25. The summed E-state index contributed by atoms with van der Waals surface area (Å²) in [5, 5.41) is 13.7. The van der Waals surface area contributed by atoms with Crippen molar-refractivity contribution in [3.8, 4) is 0 Å². The minimum Gasteiger partial charge on any atom is -0.389 e. The Kier molecular flexibility index (Phi) is 6.47. The number of ether oxygens (including phenoxy) is 1. The molecular formula is C14H22ClNO2. The first-order chi connectivity index (χ1) is 8.50. The second-order valence-electron chi connectivity index (χ2n) is 4.88. The van der Waals surface area contributed by atoms with E-state index < -0.39 is 6.10 Å². The lowest BCUT2D eigenvalue weighted by Gasteiger charge is -2.15. The molecule has 0 fully saturated rings. The second-order valence-corrected chi connectivity index (χ2v) is 5.29. The molecule has 0 heterocycles.